The van der Waals surface area contributed by atoms with Crippen molar-refractivity contribution in [3.05, 3.63) is 66.0 Å². The van der Waals surface area contributed by atoms with E-state index in [-0.39, 0.29) is 17.6 Å². The lowest BCUT2D eigenvalue weighted by atomic mass is 9.91. The topological polar surface area (TPSA) is 80.1 Å². The first kappa shape index (κ1) is 23.0. The molecule has 0 bridgehead atoms. The lowest BCUT2D eigenvalue weighted by molar-refractivity contribution is -0.113. The fraction of sp³-hybridized carbons (Fsp3) is 0.360. The van der Waals surface area contributed by atoms with E-state index in [0.717, 1.165) is 25.2 Å². The molecule has 1 aliphatic rings. The van der Waals surface area contributed by atoms with E-state index in [4.69, 9.17) is 0 Å². The number of amides is 2. The van der Waals surface area contributed by atoms with Gasteiger partial charge in [0.15, 0.2) is 5.16 Å². The highest BCUT2D eigenvalue weighted by atomic mass is 32.2. The second-order valence-corrected chi connectivity index (χ2v) is 9.80. The predicted molar refractivity (Wildman–Crippen MR) is 131 cm³/mol. The summed E-state index contributed by atoms with van der Waals surface area (Å²) in [6, 6.07) is 15.3. The Labute approximate surface area is 198 Å². The summed E-state index contributed by atoms with van der Waals surface area (Å²) in [5.74, 6) is 0.879. The Balaban J connectivity index is 1.42. The van der Waals surface area contributed by atoms with Crippen molar-refractivity contribution in [3.8, 4) is 5.69 Å². The molecule has 4 rings (SSSR count). The SMILES string of the molecule is Cc1ccc(-n2cnnc2SCC(=O)Nc2ccccc2C(=O)N2CC(C)CC(C)C2)cc1. The van der Waals surface area contributed by atoms with Crippen LogP contribution in [0.1, 0.15) is 36.2 Å². The lowest BCUT2D eigenvalue weighted by Crippen LogP contribution is -2.42. The zero-order valence-corrected chi connectivity index (χ0v) is 20.0. The van der Waals surface area contributed by atoms with Crippen LogP contribution in [-0.2, 0) is 4.79 Å². The number of aryl methyl sites for hydroxylation is 1. The van der Waals surface area contributed by atoms with Gasteiger partial charge >= 0.3 is 0 Å². The fourth-order valence-electron chi connectivity index (χ4n) is 4.30. The van der Waals surface area contributed by atoms with E-state index in [2.05, 4.69) is 29.4 Å². The zero-order chi connectivity index (χ0) is 23.4. The number of thioether (sulfide) groups is 1. The summed E-state index contributed by atoms with van der Waals surface area (Å²) in [5, 5.41) is 11.7. The van der Waals surface area contributed by atoms with Crippen LogP contribution in [0, 0.1) is 18.8 Å². The molecule has 2 heterocycles. The number of benzene rings is 2. The van der Waals surface area contributed by atoms with E-state index in [9.17, 15) is 9.59 Å². The number of nitrogens with zero attached hydrogens (tertiary/aromatic N) is 4. The van der Waals surface area contributed by atoms with E-state index in [1.54, 1.807) is 18.5 Å². The van der Waals surface area contributed by atoms with Gasteiger partial charge in [-0.05, 0) is 49.4 Å². The molecule has 1 aromatic heterocycles. The van der Waals surface area contributed by atoms with Crippen molar-refractivity contribution in [1.82, 2.24) is 19.7 Å². The summed E-state index contributed by atoms with van der Waals surface area (Å²) in [5.41, 5.74) is 3.18. The second-order valence-electron chi connectivity index (χ2n) is 8.86. The van der Waals surface area contributed by atoms with Gasteiger partial charge in [-0.25, -0.2) is 0 Å². The number of carbonyl (C=O) groups is 2. The van der Waals surface area contributed by atoms with Crippen LogP contribution in [0.15, 0.2) is 60.0 Å². The van der Waals surface area contributed by atoms with Gasteiger partial charge in [0.1, 0.15) is 6.33 Å². The number of piperidine rings is 1. The number of likely N-dealkylation sites (tertiary alicyclic amines) is 1. The molecule has 2 unspecified atom stereocenters. The number of nitrogens with one attached hydrogen (secondary N) is 1. The van der Waals surface area contributed by atoms with Gasteiger partial charge in [-0.3, -0.25) is 14.2 Å². The number of hydrogen-bond donors (Lipinski definition) is 1. The molecule has 33 heavy (non-hydrogen) atoms. The Kier molecular flexibility index (Phi) is 7.13. The van der Waals surface area contributed by atoms with E-state index < -0.39 is 0 Å². The molecule has 0 spiro atoms. The van der Waals surface area contributed by atoms with E-state index in [1.165, 1.54) is 17.3 Å². The lowest BCUT2D eigenvalue weighted by Gasteiger charge is -2.35. The number of anilines is 1. The van der Waals surface area contributed by atoms with Gasteiger partial charge in [0, 0.05) is 18.8 Å². The maximum atomic E-state index is 13.2. The molecule has 0 aliphatic carbocycles. The zero-order valence-electron chi connectivity index (χ0n) is 19.2. The molecule has 172 valence electrons. The summed E-state index contributed by atoms with van der Waals surface area (Å²) in [4.78, 5) is 27.9. The maximum absolute atomic E-state index is 13.2. The smallest absolute Gasteiger partial charge is 0.255 e. The summed E-state index contributed by atoms with van der Waals surface area (Å²) in [6.07, 6.45) is 2.77. The molecule has 2 amide bonds. The second kappa shape index (κ2) is 10.2. The normalized spacial score (nSPS) is 18.2. The van der Waals surface area contributed by atoms with Crippen molar-refractivity contribution in [3.63, 3.8) is 0 Å². The Bertz CT molecular complexity index is 1120. The van der Waals surface area contributed by atoms with E-state index in [1.807, 2.05) is 52.8 Å². The van der Waals surface area contributed by atoms with Gasteiger partial charge in [-0.2, -0.15) is 0 Å². The van der Waals surface area contributed by atoms with Crippen LogP contribution in [0.4, 0.5) is 5.69 Å². The van der Waals surface area contributed by atoms with Gasteiger partial charge in [0.25, 0.3) is 5.91 Å². The molecule has 0 saturated carbocycles. The molecule has 2 atom stereocenters. The monoisotopic (exact) mass is 463 g/mol. The maximum Gasteiger partial charge on any atom is 0.255 e. The number of hydrogen-bond acceptors (Lipinski definition) is 5. The van der Waals surface area contributed by atoms with Gasteiger partial charge < -0.3 is 10.2 Å². The third-order valence-electron chi connectivity index (χ3n) is 5.75. The first-order valence-electron chi connectivity index (χ1n) is 11.2. The van der Waals surface area contributed by atoms with Crippen molar-refractivity contribution in [2.24, 2.45) is 11.8 Å². The number of aromatic nitrogens is 3. The summed E-state index contributed by atoms with van der Waals surface area (Å²) in [6.45, 7) is 7.88. The minimum Gasteiger partial charge on any atom is -0.338 e. The number of carbonyl (C=O) groups excluding carboxylic acids is 2. The molecular formula is C25H29N5O2S. The quantitative estimate of drug-likeness (QED) is 0.547. The third kappa shape index (κ3) is 5.63. The summed E-state index contributed by atoms with van der Waals surface area (Å²) in [7, 11) is 0. The van der Waals surface area contributed by atoms with Crippen LogP contribution in [0.25, 0.3) is 5.69 Å². The highest BCUT2D eigenvalue weighted by Gasteiger charge is 2.27. The molecule has 1 aliphatic heterocycles. The van der Waals surface area contributed by atoms with Crippen molar-refractivity contribution >= 4 is 29.3 Å². The minimum absolute atomic E-state index is 0.0314. The Hall–Kier alpha value is -3.13. The highest BCUT2D eigenvalue weighted by molar-refractivity contribution is 7.99. The van der Waals surface area contributed by atoms with Crippen LogP contribution in [0.3, 0.4) is 0 Å². The Morgan fingerprint density at radius 1 is 1.06 bits per heavy atom. The average molecular weight is 464 g/mol. The third-order valence-corrected chi connectivity index (χ3v) is 6.69. The predicted octanol–water partition coefficient (Wildman–Crippen LogP) is 4.42. The van der Waals surface area contributed by atoms with Gasteiger partial charge in [0.05, 0.1) is 17.0 Å². The molecular weight excluding hydrogens is 434 g/mol. The van der Waals surface area contributed by atoms with Crippen LogP contribution in [-0.4, -0.2) is 50.3 Å². The molecule has 7 nitrogen and oxygen atoms in total. The molecule has 1 fully saturated rings. The minimum atomic E-state index is -0.195. The molecule has 1 saturated heterocycles. The van der Waals surface area contributed by atoms with Gasteiger partial charge in [-0.1, -0.05) is 55.4 Å². The molecule has 2 aromatic carbocycles. The van der Waals surface area contributed by atoms with Gasteiger partial charge in [0.2, 0.25) is 5.91 Å². The fourth-order valence-corrected chi connectivity index (χ4v) is 5.03. The number of para-hydroxylation sites is 1. The molecule has 3 aromatic rings. The summed E-state index contributed by atoms with van der Waals surface area (Å²) < 4.78 is 1.85. The molecule has 0 radical (unpaired) electrons. The van der Waals surface area contributed by atoms with E-state index in [0.29, 0.717) is 28.2 Å². The Morgan fingerprint density at radius 2 is 1.76 bits per heavy atom. The average Bonchev–Trinajstić information content (AvgIpc) is 3.26. The number of rotatable bonds is 6. The first-order chi connectivity index (χ1) is 15.9. The van der Waals surface area contributed by atoms with Crippen molar-refractivity contribution in [2.45, 2.75) is 32.3 Å². The van der Waals surface area contributed by atoms with Crippen LogP contribution < -0.4 is 5.32 Å². The van der Waals surface area contributed by atoms with Crippen molar-refractivity contribution in [1.29, 1.82) is 0 Å². The van der Waals surface area contributed by atoms with Crippen LogP contribution in [0.5, 0.6) is 0 Å². The first-order valence-corrected chi connectivity index (χ1v) is 12.2. The van der Waals surface area contributed by atoms with Crippen LogP contribution >= 0.6 is 11.8 Å². The molecule has 1 N–H and O–H groups in total. The Morgan fingerprint density at radius 3 is 2.48 bits per heavy atom. The van der Waals surface area contributed by atoms with Crippen molar-refractivity contribution < 1.29 is 9.59 Å². The largest absolute Gasteiger partial charge is 0.338 e. The summed E-state index contributed by atoms with van der Waals surface area (Å²) >= 11 is 1.30. The highest BCUT2D eigenvalue weighted by Crippen LogP contribution is 2.25. The van der Waals surface area contributed by atoms with Crippen LogP contribution in [0.2, 0.25) is 0 Å². The van der Waals surface area contributed by atoms with Crippen molar-refractivity contribution in [2.75, 3.05) is 24.2 Å². The van der Waals surface area contributed by atoms with Gasteiger partial charge in [-0.15, -0.1) is 10.2 Å². The standard InChI is InChI=1S/C25H29N5O2S/c1-17-8-10-20(11-9-17)30-16-26-28-25(30)33-15-23(31)27-22-7-5-4-6-21(22)24(32)29-13-18(2)12-19(3)14-29/h4-11,16,18-19H,12-15H2,1-3H3,(H,27,31). The molecule has 8 heteroatoms. The van der Waals surface area contributed by atoms with E-state index >= 15 is 0 Å².